The lowest BCUT2D eigenvalue weighted by Gasteiger charge is -2.26. The molecule has 2 fully saturated rings. The molecule has 2 aliphatic carbocycles. The molecule has 0 aliphatic heterocycles. The van der Waals surface area contributed by atoms with Crippen LogP contribution in [0.2, 0.25) is 0 Å². The number of rotatable bonds is 3. The minimum absolute atomic E-state index is 0.0778. The Bertz CT molecular complexity index is 959. The Morgan fingerprint density at radius 1 is 1.35 bits per heavy atom. The number of ether oxygens (including phenoxy) is 1. The molecule has 2 N–H and O–H groups in total. The highest BCUT2D eigenvalue weighted by molar-refractivity contribution is 5.74. The third kappa shape index (κ3) is 2.51. The summed E-state index contributed by atoms with van der Waals surface area (Å²) in [5.41, 5.74) is 2.53. The number of amides is 1. The molecule has 1 amide bonds. The van der Waals surface area contributed by atoms with E-state index in [-0.39, 0.29) is 18.1 Å². The Morgan fingerprint density at radius 2 is 2.23 bits per heavy atom. The van der Waals surface area contributed by atoms with Crippen LogP contribution in [-0.4, -0.2) is 42.8 Å². The lowest BCUT2D eigenvalue weighted by molar-refractivity contribution is 0.0918. The number of aromatic amines is 1. The van der Waals surface area contributed by atoms with Gasteiger partial charge in [-0.05, 0) is 44.1 Å². The van der Waals surface area contributed by atoms with Gasteiger partial charge in [0.15, 0.2) is 11.3 Å². The number of carbonyl (C=O) groups is 1. The predicted octanol–water partition coefficient (Wildman–Crippen LogP) is 2.77. The van der Waals surface area contributed by atoms with Crippen molar-refractivity contribution in [3.8, 4) is 0 Å². The van der Waals surface area contributed by atoms with Crippen LogP contribution in [0, 0.1) is 5.92 Å². The molecule has 0 bridgehead atoms. The summed E-state index contributed by atoms with van der Waals surface area (Å²) in [6.07, 6.45) is 8.17. The van der Waals surface area contributed by atoms with Crippen molar-refractivity contribution in [2.45, 2.75) is 57.1 Å². The second kappa shape index (κ2) is 5.96. The molecule has 0 aromatic carbocycles. The summed E-state index contributed by atoms with van der Waals surface area (Å²) in [4.78, 5) is 19.6. The van der Waals surface area contributed by atoms with Crippen LogP contribution in [0.4, 0.5) is 4.79 Å². The lowest BCUT2D eigenvalue weighted by atomic mass is 9.93. The zero-order valence-electron chi connectivity index (χ0n) is 14.7. The molecule has 2 aliphatic rings. The molecule has 26 heavy (non-hydrogen) atoms. The minimum Gasteiger partial charge on any atom is -0.446 e. The van der Waals surface area contributed by atoms with Crippen LogP contribution in [-0.2, 0) is 4.74 Å². The van der Waals surface area contributed by atoms with E-state index in [0.717, 1.165) is 48.3 Å². The standard InChI is InChI=1S/C18H22N6O2/c1-10-7-12(26-18(25)21-11-3-2-4-11)8-13(10)17-23-22-15-9-20-16-14(24(15)17)5-6-19-16/h5-6,9-13,19H,2-4,7-8H2,1H3,(H,21,25)/t10-,12-,13+/m1/s1. The van der Waals surface area contributed by atoms with E-state index in [2.05, 4.69) is 36.8 Å². The molecule has 8 nitrogen and oxygen atoms in total. The van der Waals surface area contributed by atoms with E-state index < -0.39 is 0 Å². The average Bonchev–Trinajstić information content (AvgIpc) is 3.27. The van der Waals surface area contributed by atoms with Gasteiger partial charge in [-0.1, -0.05) is 6.92 Å². The fourth-order valence-corrected chi connectivity index (χ4v) is 4.19. The van der Waals surface area contributed by atoms with E-state index in [1.54, 1.807) is 6.20 Å². The maximum absolute atomic E-state index is 12.1. The van der Waals surface area contributed by atoms with Crippen molar-refractivity contribution >= 4 is 22.9 Å². The van der Waals surface area contributed by atoms with Crippen LogP contribution < -0.4 is 5.32 Å². The first kappa shape index (κ1) is 15.6. The predicted molar refractivity (Wildman–Crippen MR) is 94.8 cm³/mol. The van der Waals surface area contributed by atoms with Crippen LogP contribution >= 0.6 is 0 Å². The van der Waals surface area contributed by atoms with E-state index in [9.17, 15) is 4.79 Å². The molecule has 0 spiro atoms. The quantitative estimate of drug-likeness (QED) is 0.754. The molecule has 3 aromatic heterocycles. The van der Waals surface area contributed by atoms with Gasteiger partial charge in [0.05, 0.1) is 11.7 Å². The molecule has 0 radical (unpaired) electrons. The topological polar surface area (TPSA) is 97.2 Å². The Balaban J connectivity index is 1.37. The van der Waals surface area contributed by atoms with Crippen molar-refractivity contribution in [1.82, 2.24) is 29.9 Å². The van der Waals surface area contributed by atoms with Crippen molar-refractivity contribution in [2.75, 3.05) is 0 Å². The number of alkyl carbamates (subject to hydrolysis) is 1. The van der Waals surface area contributed by atoms with Crippen LogP contribution in [0.25, 0.3) is 16.8 Å². The molecule has 2 saturated carbocycles. The highest BCUT2D eigenvalue weighted by atomic mass is 16.6. The van der Waals surface area contributed by atoms with Crippen molar-refractivity contribution in [3.63, 3.8) is 0 Å². The molecule has 0 unspecified atom stereocenters. The summed E-state index contributed by atoms with van der Waals surface area (Å²) in [5, 5.41) is 11.7. The first-order valence-corrected chi connectivity index (χ1v) is 9.33. The molecule has 3 aromatic rings. The SMILES string of the molecule is C[C@@H]1C[C@@H](OC(=O)NC2CCC2)C[C@@H]1c1nnc2cnc3[nH]ccc3n12. The van der Waals surface area contributed by atoms with Crippen LogP contribution in [0.1, 0.15) is 50.8 Å². The van der Waals surface area contributed by atoms with Gasteiger partial charge in [0, 0.05) is 18.2 Å². The first-order valence-electron chi connectivity index (χ1n) is 9.33. The molecule has 136 valence electrons. The normalized spacial score (nSPS) is 26.3. The van der Waals surface area contributed by atoms with Crippen molar-refractivity contribution in [2.24, 2.45) is 5.92 Å². The summed E-state index contributed by atoms with van der Waals surface area (Å²) in [6, 6.07) is 2.29. The number of nitrogens with one attached hydrogen (secondary N) is 2. The number of aromatic nitrogens is 5. The number of nitrogens with zero attached hydrogens (tertiary/aromatic N) is 4. The van der Waals surface area contributed by atoms with Crippen LogP contribution in [0.15, 0.2) is 18.5 Å². The molecule has 5 rings (SSSR count). The Hall–Kier alpha value is -2.64. The number of H-pyrrole nitrogens is 1. The van der Waals surface area contributed by atoms with E-state index in [0.29, 0.717) is 12.0 Å². The van der Waals surface area contributed by atoms with Gasteiger partial charge in [0.25, 0.3) is 0 Å². The fourth-order valence-electron chi connectivity index (χ4n) is 4.19. The van der Waals surface area contributed by atoms with Crippen LogP contribution in [0.5, 0.6) is 0 Å². The zero-order valence-corrected chi connectivity index (χ0v) is 14.7. The zero-order chi connectivity index (χ0) is 17.7. The summed E-state index contributed by atoms with van der Waals surface area (Å²) < 4.78 is 7.74. The highest BCUT2D eigenvalue weighted by Gasteiger charge is 2.38. The van der Waals surface area contributed by atoms with Crippen molar-refractivity contribution < 1.29 is 9.53 Å². The molecule has 3 atom stereocenters. The van der Waals surface area contributed by atoms with E-state index in [4.69, 9.17) is 4.74 Å². The number of hydrogen-bond acceptors (Lipinski definition) is 5. The smallest absolute Gasteiger partial charge is 0.407 e. The van der Waals surface area contributed by atoms with E-state index in [1.807, 2.05) is 12.3 Å². The Labute approximate surface area is 150 Å². The van der Waals surface area contributed by atoms with Gasteiger partial charge in [0.1, 0.15) is 11.9 Å². The van der Waals surface area contributed by atoms with Gasteiger partial charge in [-0.15, -0.1) is 10.2 Å². The van der Waals surface area contributed by atoms with Crippen molar-refractivity contribution in [1.29, 1.82) is 0 Å². The molecular weight excluding hydrogens is 332 g/mol. The second-order valence-electron chi connectivity index (χ2n) is 7.58. The molecular formula is C18H22N6O2. The van der Waals surface area contributed by atoms with Gasteiger partial charge in [-0.3, -0.25) is 4.40 Å². The summed E-state index contributed by atoms with van der Waals surface area (Å²) in [6.45, 7) is 2.19. The molecule has 8 heteroatoms. The van der Waals surface area contributed by atoms with Gasteiger partial charge in [0.2, 0.25) is 0 Å². The first-order chi connectivity index (χ1) is 12.7. The summed E-state index contributed by atoms with van der Waals surface area (Å²) in [5.74, 6) is 1.49. The maximum atomic E-state index is 12.1. The number of fused-ring (bicyclic) bond motifs is 3. The maximum Gasteiger partial charge on any atom is 0.407 e. The van der Waals surface area contributed by atoms with E-state index >= 15 is 0 Å². The second-order valence-corrected chi connectivity index (χ2v) is 7.58. The van der Waals surface area contributed by atoms with Crippen LogP contribution in [0.3, 0.4) is 0 Å². The fraction of sp³-hybridized carbons (Fsp3) is 0.556. The largest absolute Gasteiger partial charge is 0.446 e. The molecule has 0 saturated heterocycles. The highest BCUT2D eigenvalue weighted by Crippen LogP contribution is 2.40. The Kier molecular flexibility index (Phi) is 3.58. The third-order valence-corrected chi connectivity index (χ3v) is 5.84. The monoisotopic (exact) mass is 354 g/mol. The van der Waals surface area contributed by atoms with Gasteiger partial charge >= 0.3 is 6.09 Å². The summed E-state index contributed by atoms with van der Waals surface area (Å²) in [7, 11) is 0. The lowest BCUT2D eigenvalue weighted by Crippen LogP contribution is -2.40. The van der Waals surface area contributed by atoms with Gasteiger partial charge in [-0.2, -0.15) is 0 Å². The number of hydrogen-bond donors (Lipinski definition) is 2. The van der Waals surface area contributed by atoms with Crippen molar-refractivity contribution in [3.05, 3.63) is 24.3 Å². The summed E-state index contributed by atoms with van der Waals surface area (Å²) >= 11 is 0. The average molecular weight is 354 g/mol. The van der Waals surface area contributed by atoms with E-state index in [1.165, 1.54) is 6.42 Å². The number of carbonyl (C=O) groups excluding carboxylic acids is 1. The minimum atomic E-state index is -0.282. The molecule has 3 heterocycles. The van der Waals surface area contributed by atoms with Gasteiger partial charge < -0.3 is 15.0 Å². The van der Waals surface area contributed by atoms with Gasteiger partial charge in [-0.25, -0.2) is 9.78 Å². The third-order valence-electron chi connectivity index (χ3n) is 5.84. The Morgan fingerprint density at radius 3 is 3.04 bits per heavy atom.